The minimum absolute atomic E-state index is 0.0741. The van der Waals surface area contributed by atoms with Crippen LogP contribution in [0.2, 0.25) is 0 Å². The Balaban J connectivity index is 1.99. The topological polar surface area (TPSA) is 90.7 Å². The SMILES string of the molecule is CC(Nc1ncncc1C#N)C(=O)NC1CC1. The molecule has 1 aromatic rings. The van der Waals surface area contributed by atoms with Crippen LogP contribution >= 0.6 is 0 Å². The summed E-state index contributed by atoms with van der Waals surface area (Å²) in [6.45, 7) is 1.74. The van der Waals surface area contributed by atoms with E-state index in [1.165, 1.54) is 12.5 Å². The number of nitrogens with zero attached hydrogens (tertiary/aromatic N) is 3. The minimum atomic E-state index is -0.419. The molecule has 1 atom stereocenters. The second-order valence-corrected chi connectivity index (χ2v) is 4.05. The number of hydrogen-bond donors (Lipinski definition) is 2. The summed E-state index contributed by atoms with van der Waals surface area (Å²) in [5, 5.41) is 14.6. The fourth-order valence-electron chi connectivity index (χ4n) is 1.35. The third kappa shape index (κ3) is 2.91. The zero-order valence-electron chi connectivity index (χ0n) is 9.47. The number of nitriles is 1. The zero-order chi connectivity index (χ0) is 12.3. The zero-order valence-corrected chi connectivity index (χ0v) is 9.47. The number of amides is 1. The van der Waals surface area contributed by atoms with Crippen LogP contribution in [0.5, 0.6) is 0 Å². The maximum Gasteiger partial charge on any atom is 0.242 e. The van der Waals surface area contributed by atoms with Gasteiger partial charge in [-0.1, -0.05) is 0 Å². The van der Waals surface area contributed by atoms with Crippen LogP contribution in [0.1, 0.15) is 25.3 Å². The lowest BCUT2D eigenvalue weighted by Crippen LogP contribution is -2.39. The number of rotatable bonds is 4. The van der Waals surface area contributed by atoms with Crippen molar-refractivity contribution in [2.24, 2.45) is 0 Å². The average Bonchev–Trinajstić information content (AvgIpc) is 3.13. The Morgan fingerprint density at radius 1 is 1.65 bits per heavy atom. The van der Waals surface area contributed by atoms with Crippen molar-refractivity contribution >= 4 is 11.7 Å². The second-order valence-electron chi connectivity index (χ2n) is 4.05. The van der Waals surface area contributed by atoms with Crippen LogP contribution < -0.4 is 10.6 Å². The molecule has 88 valence electrons. The highest BCUT2D eigenvalue weighted by Gasteiger charge is 2.25. The molecule has 2 N–H and O–H groups in total. The van der Waals surface area contributed by atoms with E-state index in [0.29, 0.717) is 17.4 Å². The Morgan fingerprint density at radius 2 is 2.41 bits per heavy atom. The van der Waals surface area contributed by atoms with Crippen LogP contribution in [0, 0.1) is 11.3 Å². The van der Waals surface area contributed by atoms with Gasteiger partial charge < -0.3 is 10.6 Å². The molecule has 1 amide bonds. The fourth-order valence-corrected chi connectivity index (χ4v) is 1.35. The Bertz CT molecular complexity index is 463. The first kappa shape index (κ1) is 11.3. The van der Waals surface area contributed by atoms with Crippen molar-refractivity contribution in [1.29, 1.82) is 5.26 Å². The molecule has 1 unspecified atom stereocenters. The molecule has 17 heavy (non-hydrogen) atoms. The molecule has 1 aromatic heterocycles. The molecule has 1 saturated carbocycles. The maximum atomic E-state index is 11.7. The van der Waals surface area contributed by atoms with Crippen molar-refractivity contribution in [2.75, 3.05) is 5.32 Å². The molecule has 0 aliphatic heterocycles. The molecular formula is C11H13N5O. The molecule has 6 heteroatoms. The number of carbonyl (C=O) groups is 1. The van der Waals surface area contributed by atoms with Gasteiger partial charge in [-0.2, -0.15) is 5.26 Å². The maximum absolute atomic E-state index is 11.7. The van der Waals surface area contributed by atoms with E-state index >= 15 is 0 Å². The van der Waals surface area contributed by atoms with E-state index in [1.54, 1.807) is 6.92 Å². The highest BCUT2D eigenvalue weighted by molar-refractivity contribution is 5.84. The van der Waals surface area contributed by atoms with E-state index in [-0.39, 0.29) is 5.91 Å². The highest BCUT2D eigenvalue weighted by atomic mass is 16.2. The second kappa shape index (κ2) is 4.78. The number of anilines is 1. The van der Waals surface area contributed by atoms with E-state index in [9.17, 15) is 4.79 Å². The third-order valence-corrected chi connectivity index (χ3v) is 2.50. The Hall–Kier alpha value is -2.16. The van der Waals surface area contributed by atoms with Gasteiger partial charge in [-0.3, -0.25) is 4.79 Å². The standard InChI is InChI=1S/C11H13N5O/c1-7(11(17)16-9-2-3-9)15-10-8(4-12)5-13-6-14-10/h5-7,9H,2-3H2,1H3,(H,16,17)(H,13,14,15). The minimum Gasteiger partial charge on any atom is -0.357 e. The normalized spacial score (nSPS) is 15.8. The first-order valence-electron chi connectivity index (χ1n) is 5.47. The molecule has 1 fully saturated rings. The van der Waals surface area contributed by atoms with Gasteiger partial charge in [0.05, 0.1) is 6.20 Å². The number of carbonyl (C=O) groups excluding carboxylic acids is 1. The summed E-state index contributed by atoms with van der Waals surface area (Å²) in [6.07, 6.45) is 4.86. The molecule has 6 nitrogen and oxygen atoms in total. The molecule has 0 radical (unpaired) electrons. The molecular weight excluding hydrogens is 218 g/mol. The smallest absolute Gasteiger partial charge is 0.242 e. The van der Waals surface area contributed by atoms with Gasteiger partial charge in [-0.05, 0) is 19.8 Å². The molecule has 0 bridgehead atoms. The summed E-state index contributed by atoms with van der Waals surface area (Å²) in [6, 6.07) is 1.88. The van der Waals surface area contributed by atoms with Crippen molar-refractivity contribution in [1.82, 2.24) is 15.3 Å². The van der Waals surface area contributed by atoms with Crippen LogP contribution in [0.25, 0.3) is 0 Å². The van der Waals surface area contributed by atoms with E-state index < -0.39 is 6.04 Å². The lowest BCUT2D eigenvalue weighted by atomic mass is 10.2. The Kier molecular flexibility index (Phi) is 3.19. The number of hydrogen-bond acceptors (Lipinski definition) is 5. The van der Waals surface area contributed by atoms with Crippen molar-refractivity contribution in [2.45, 2.75) is 31.8 Å². The summed E-state index contributed by atoms with van der Waals surface area (Å²) < 4.78 is 0. The van der Waals surface area contributed by atoms with Gasteiger partial charge in [0.15, 0.2) is 0 Å². The first-order valence-corrected chi connectivity index (χ1v) is 5.47. The Labute approximate surface area is 99.1 Å². The molecule has 2 rings (SSSR count). The van der Waals surface area contributed by atoms with Crippen LogP contribution in [-0.2, 0) is 4.79 Å². The summed E-state index contributed by atoms with van der Waals surface area (Å²) in [4.78, 5) is 19.4. The van der Waals surface area contributed by atoms with Gasteiger partial charge >= 0.3 is 0 Å². The summed E-state index contributed by atoms with van der Waals surface area (Å²) in [5.74, 6) is 0.316. The van der Waals surface area contributed by atoms with Gasteiger partial charge in [0, 0.05) is 6.04 Å². The quantitative estimate of drug-likeness (QED) is 0.784. The molecule has 1 aliphatic rings. The predicted octanol–water partition coefficient (Wildman–Crippen LogP) is 0.427. The van der Waals surface area contributed by atoms with Crippen LogP contribution in [0.4, 0.5) is 5.82 Å². The summed E-state index contributed by atoms with van der Waals surface area (Å²) in [7, 11) is 0. The average molecular weight is 231 g/mol. The molecule has 1 aliphatic carbocycles. The van der Waals surface area contributed by atoms with Gasteiger partial charge in [0.2, 0.25) is 5.91 Å². The summed E-state index contributed by atoms with van der Waals surface area (Å²) >= 11 is 0. The van der Waals surface area contributed by atoms with Crippen molar-refractivity contribution in [3.8, 4) is 6.07 Å². The molecule has 0 saturated heterocycles. The lowest BCUT2D eigenvalue weighted by molar-refractivity contribution is -0.121. The van der Waals surface area contributed by atoms with E-state index in [4.69, 9.17) is 5.26 Å². The van der Waals surface area contributed by atoms with Gasteiger partial charge in [-0.15, -0.1) is 0 Å². The Morgan fingerprint density at radius 3 is 3.06 bits per heavy atom. The van der Waals surface area contributed by atoms with E-state index in [0.717, 1.165) is 12.8 Å². The molecule has 0 spiro atoms. The van der Waals surface area contributed by atoms with Crippen molar-refractivity contribution in [3.63, 3.8) is 0 Å². The van der Waals surface area contributed by atoms with Crippen molar-refractivity contribution in [3.05, 3.63) is 18.1 Å². The van der Waals surface area contributed by atoms with Crippen LogP contribution in [-0.4, -0.2) is 28.0 Å². The van der Waals surface area contributed by atoms with Crippen LogP contribution in [0.3, 0.4) is 0 Å². The van der Waals surface area contributed by atoms with Gasteiger partial charge in [-0.25, -0.2) is 9.97 Å². The third-order valence-electron chi connectivity index (χ3n) is 2.50. The predicted molar refractivity (Wildman–Crippen MR) is 61.0 cm³/mol. The van der Waals surface area contributed by atoms with Gasteiger partial charge in [0.1, 0.15) is 29.8 Å². The first-order chi connectivity index (χ1) is 8.20. The largest absolute Gasteiger partial charge is 0.357 e. The molecule has 0 aromatic carbocycles. The van der Waals surface area contributed by atoms with Crippen molar-refractivity contribution < 1.29 is 4.79 Å². The number of nitrogens with one attached hydrogen (secondary N) is 2. The highest BCUT2D eigenvalue weighted by Crippen LogP contribution is 2.19. The fraction of sp³-hybridized carbons (Fsp3) is 0.455. The number of aromatic nitrogens is 2. The lowest BCUT2D eigenvalue weighted by Gasteiger charge is -2.14. The monoisotopic (exact) mass is 231 g/mol. The van der Waals surface area contributed by atoms with E-state index in [1.807, 2.05) is 6.07 Å². The summed E-state index contributed by atoms with van der Waals surface area (Å²) in [5.41, 5.74) is 0.332. The van der Waals surface area contributed by atoms with E-state index in [2.05, 4.69) is 20.6 Å². The molecule has 1 heterocycles. The van der Waals surface area contributed by atoms with Gasteiger partial charge in [0.25, 0.3) is 0 Å². The van der Waals surface area contributed by atoms with Crippen LogP contribution in [0.15, 0.2) is 12.5 Å².